The number of halogens is 2. The van der Waals surface area contributed by atoms with Crippen LogP contribution in [-0.2, 0) is 19.6 Å². The van der Waals surface area contributed by atoms with Crippen LogP contribution in [0.1, 0.15) is 26.2 Å². The number of esters is 1. The highest BCUT2D eigenvalue weighted by Crippen LogP contribution is 2.38. The van der Waals surface area contributed by atoms with E-state index in [1.165, 1.54) is 15.6 Å². The topological polar surface area (TPSA) is 63.7 Å². The van der Waals surface area contributed by atoms with Crippen molar-refractivity contribution in [2.45, 2.75) is 37.1 Å². The third kappa shape index (κ3) is 3.69. The summed E-state index contributed by atoms with van der Waals surface area (Å²) in [6.07, 6.45) is 2.07. The van der Waals surface area contributed by atoms with Crippen molar-refractivity contribution in [1.82, 2.24) is 4.31 Å². The molecule has 118 valence electrons. The molecule has 1 unspecified atom stereocenters. The second kappa shape index (κ2) is 7.08. The van der Waals surface area contributed by atoms with E-state index in [1.807, 2.05) is 0 Å². The molecule has 2 rings (SSSR count). The zero-order valence-electron chi connectivity index (χ0n) is 11.3. The summed E-state index contributed by atoms with van der Waals surface area (Å²) in [5.74, 6) is -0.466. The van der Waals surface area contributed by atoms with Gasteiger partial charge < -0.3 is 4.74 Å². The van der Waals surface area contributed by atoms with Gasteiger partial charge in [0.25, 0.3) is 0 Å². The summed E-state index contributed by atoms with van der Waals surface area (Å²) in [5, 5.41) is 0. The fraction of sp³-hybridized carbons (Fsp3) is 0.583. The summed E-state index contributed by atoms with van der Waals surface area (Å²) in [7, 11) is -3.72. The predicted molar refractivity (Wildman–Crippen MR) is 87.9 cm³/mol. The van der Waals surface area contributed by atoms with Crippen LogP contribution in [0.15, 0.2) is 18.5 Å². The summed E-state index contributed by atoms with van der Waals surface area (Å²) in [6.45, 7) is 2.30. The number of hydrogen-bond donors (Lipinski definition) is 0. The Morgan fingerprint density at radius 2 is 2.19 bits per heavy atom. The SMILES string of the molecule is CCOC(=O)C1CCCCN1S(=O)(=O)c1cc(Br)sc1Br. The number of thiophene rings is 1. The first kappa shape index (κ1) is 17.4. The monoisotopic (exact) mass is 459 g/mol. The van der Waals surface area contributed by atoms with E-state index < -0.39 is 22.0 Å². The standard InChI is InChI=1S/C12H15Br2NO4S2/c1-2-19-12(16)8-5-3-4-6-15(8)21(17,18)9-7-10(13)20-11(9)14/h7-8H,2-6H2,1H3. The molecule has 1 aliphatic heterocycles. The van der Waals surface area contributed by atoms with E-state index in [-0.39, 0.29) is 11.5 Å². The Morgan fingerprint density at radius 3 is 2.76 bits per heavy atom. The van der Waals surface area contributed by atoms with Crippen LogP contribution in [0.2, 0.25) is 0 Å². The van der Waals surface area contributed by atoms with Crippen LogP contribution in [0, 0.1) is 0 Å². The molecule has 0 aromatic carbocycles. The summed E-state index contributed by atoms with van der Waals surface area (Å²) in [5.41, 5.74) is 0. The number of sulfonamides is 1. The molecule has 9 heteroatoms. The van der Waals surface area contributed by atoms with Gasteiger partial charge in [-0.05, 0) is 64.1 Å². The van der Waals surface area contributed by atoms with Gasteiger partial charge >= 0.3 is 5.97 Å². The molecule has 21 heavy (non-hydrogen) atoms. The van der Waals surface area contributed by atoms with Crippen LogP contribution in [0.3, 0.4) is 0 Å². The Hall–Kier alpha value is 0.0400. The molecular weight excluding hydrogens is 446 g/mol. The molecule has 0 aliphatic carbocycles. The zero-order chi connectivity index (χ0) is 15.6. The molecule has 1 saturated heterocycles. The van der Waals surface area contributed by atoms with Gasteiger partial charge in [0.1, 0.15) is 10.9 Å². The molecule has 1 aromatic rings. The molecule has 0 bridgehead atoms. The number of rotatable bonds is 4. The second-order valence-corrected chi connectivity index (χ2v) is 10.2. The number of nitrogens with zero attached hydrogens (tertiary/aromatic N) is 1. The Kier molecular flexibility index (Phi) is 5.86. The van der Waals surface area contributed by atoms with E-state index in [4.69, 9.17) is 4.74 Å². The maximum atomic E-state index is 12.8. The lowest BCUT2D eigenvalue weighted by atomic mass is 10.1. The van der Waals surface area contributed by atoms with E-state index in [1.54, 1.807) is 13.0 Å². The molecule has 1 fully saturated rings. The Labute approximate surface area is 145 Å². The quantitative estimate of drug-likeness (QED) is 0.646. The molecule has 2 heterocycles. The molecular formula is C12H15Br2NO4S2. The van der Waals surface area contributed by atoms with E-state index in [0.717, 1.165) is 16.6 Å². The van der Waals surface area contributed by atoms with Gasteiger partial charge in [0.15, 0.2) is 0 Å². The third-order valence-electron chi connectivity index (χ3n) is 3.22. The van der Waals surface area contributed by atoms with Crippen molar-refractivity contribution >= 4 is 59.2 Å². The molecule has 5 nitrogen and oxygen atoms in total. The maximum Gasteiger partial charge on any atom is 0.324 e. The van der Waals surface area contributed by atoms with Crippen molar-refractivity contribution in [2.24, 2.45) is 0 Å². The van der Waals surface area contributed by atoms with Crippen LogP contribution < -0.4 is 0 Å². The highest BCUT2D eigenvalue weighted by atomic mass is 79.9. The molecule has 0 saturated carbocycles. The van der Waals surface area contributed by atoms with Gasteiger partial charge in [0, 0.05) is 6.54 Å². The minimum absolute atomic E-state index is 0.190. The number of carbonyl (C=O) groups is 1. The van der Waals surface area contributed by atoms with Gasteiger partial charge in [-0.2, -0.15) is 4.31 Å². The lowest BCUT2D eigenvalue weighted by molar-refractivity contribution is -0.148. The van der Waals surface area contributed by atoms with Crippen molar-refractivity contribution in [2.75, 3.05) is 13.2 Å². The normalized spacial score (nSPS) is 20.4. The van der Waals surface area contributed by atoms with E-state index in [2.05, 4.69) is 31.9 Å². The first-order chi connectivity index (χ1) is 9.87. The summed E-state index contributed by atoms with van der Waals surface area (Å²) < 4.78 is 33.2. The van der Waals surface area contributed by atoms with Crippen molar-refractivity contribution in [1.29, 1.82) is 0 Å². The number of ether oxygens (including phenoxy) is 1. The summed E-state index contributed by atoms with van der Waals surface area (Å²) in [4.78, 5) is 12.2. The van der Waals surface area contributed by atoms with Gasteiger partial charge in [-0.15, -0.1) is 11.3 Å². The van der Waals surface area contributed by atoms with Crippen molar-refractivity contribution in [3.63, 3.8) is 0 Å². The van der Waals surface area contributed by atoms with Gasteiger partial charge in [-0.3, -0.25) is 4.79 Å². The number of piperidine rings is 1. The largest absolute Gasteiger partial charge is 0.465 e. The second-order valence-electron chi connectivity index (χ2n) is 4.57. The first-order valence-corrected chi connectivity index (χ1v) is 10.4. The lowest BCUT2D eigenvalue weighted by Crippen LogP contribution is -2.48. The van der Waals surface area contributed by atoms with Crippen LogP contribution in [0.25, 0.3) is 0 Å². The van der Waals surface area contributed by atoms with Crippen LogP contribution in [0.4, 0.5) is 0 Å². The zero-order valence-corrected chi connectivity index (χ0v) is 16.1. The number of carbonyl (C=O) groups excluding carboxylic acids is 1. The van der Waals surface area contributed by atoms with Crippen LogP contribution >= 0.6 is 43.2 Å². The maximum absolute atomic E-state index is 12.8. The average molecular weight is 461 g/mol. The summed E-state index contributed by atoms with van der Waals surface area (Å²) in [6, 6.07) is 0.829. The average Bonchev–Trinajstić information content (AvgIpc) is 2.79. The van der Waals surface area contributed by atoms with Crippen molar-refractivity contribution < 1.29 is 17.9 Å². The Balaban J connectivity index is 2.36. The fourth-order valence-electron chi connectivity index (χ4n) is 2.29. The van der Waals surface area contributed by atoms with Gasteiger partial charge in [-0.25, -0.2) is 8.42 Å². The van der Waals surface area contributed by atoms with E-state index in [0.29, 0.717) is 16.8 Å². The molecule has 0 spiro atoms. The summed E-state index contributed by atoms with van der Waals surface area (Å²) >= 11 is 7.85. The fourth-order valence-corrected chi connectivity index (χ4v) is 7.70. The van der Waals surface area contributed by atoms with Crippen LogP contribution in [0.5, 0.6) is 0 Å². The van der Waals surface area contributed by atoms with E-state index >= 15 is 0 Å². The van der Waals surface area contributed by atoms with E-state index in [9.17, 15) is 13.2 Å². The molecule has 1 aromatic heterocycles. The van der Waals surface area contributed by atoms with Crippen LogP contribution in [-0.4, -0.2) is 37.9 Å². The molecule has 1 aliphatic rings. The minimum Gasteiger partial charge on any atom is -0.465 e. The predicted octanol–water partition coefficient (Wildman–Crippen LogP) is 3.38. The highest BCUT2D eigenvalue weighted by molar-refractivity contribution is 9.12. The Bertz CT molecular complexity index is 629. The molecule has 1 atom stereocenters. The third-order valence-corrected chi connectivity index (χ3v) is 7.89. The van der Waals surface area contributed by atoms with Crippen molar-refractivity contribution in [3.05, 3.63) is 13.6 Å². The Morgan fingerprint density at radius 1 is 1.48 bits per heavy atom. The molecule has 0 N–H and O–H groups in total. The first-order valence-electron chi connectivity index (χ1n) is 6.51. The smallest absolute Gasteiger partial charge is 0.324 e. The highest BCUT2D eigenvalue weighted by Gasteiger charge is 2.39. The molecule has 0 amide bonds. The minimum atomic E-state index is -3.72. The molecule has 0 radical (unpaired) electrons. The number of hydrogen-bond acceptors (Lipinski definition) is 5. The van der Waals surface area contributed by atoms with Gasteiger partial charge in [-0.1, -0.05) is 0 Å². The van der Waals surface area contributed by atoms with Gasteiger partial charge in [0.05, 0.1) is 14.2 Å². The van der Waals surface area contributed by atoms with Crippen molar-refractivity contribution in [3.8, 4) is 0 Å². The van der Waals surface area contributed by atoms with Gasteiger partial charge in [0.2, 0.25) is 10.0 Å². The lowest BCUT2D eigenvalue weighted by Gasteiger charge is -2.32.